The first-order valence-electron chi connectivity index (χ1n) is 3.64. The van der Waals surface area contributed by atoms with Gasteiger partial charge in [-0.2, -0.15) is 0 Å². The average Bonchev–Trinajstić information content (AvgIpc) is 2.16. The molecule has 0 unspecified atom stereocenters. The minimum absolute atomic E-state index is 0.128. The van der Waals surface area contributed by atoms with Crippen molar-refractivity contribution in [3.8, 4) is 0 Å². The lowest BCUT2D eigenvalue weighted by molar-refractivity contribution is -0.113. The van der Waals surface area contributed by atoms with Crippen LogP contribution in [0.25, 0.3) is 0 Å². The monoisotopic (exact) mass is 231 g/mol. The lowest BCUT2D eigenvalue weighted by atomic mass is 10.4. The molecule has 0 saturated carbocycles. The molecule has 1 aromatic heterocycles. The van der Waals surface area contributed by atoms with Gasteiger partial charge in [0.05, 0.1) is 0 Å². The number of halogens is 2. The largest absolute Gasteiger partial charge is 0.307 e. The normalized spacial score (nSPS) is 9.64. The third kappa shape index (κ3) is 2.02. The highest BCUT2D eigenvalue weighted by Crippen LogP contribution is 2.28. The van der Waals surface area contributed by atoms with E-state index in [0.717, 1.165) is 6.08 Å². The first-order valence-corrected chi connectivity index (χ1v) is 4.39. The number of hydrogen-bond acceptors (Lipinski definition) is 3. The number of likely N-dealkylation sites (N-methyl/N-ethyl adjacent to an activating group) is 1. The molecule has 6 heteroatoms. The summed E-state index contributed by atoms with van der Waals surface area (Å²) in [5.74, 6) is -0.330. The van der Waals surface area contributed by atoms with E-state index in [-0.39, 0.29) is 21.9 Å². The third-order valence-electron chi connectivity index (χ3n) is 1.57. The molecule has 0 aliphatic heterocycles. The van der Waals surface area contributed by atoms with E-state index >= 15 is 0 Å². The van der Waals surface area contributed by atoms with Crippen LogP contribution in [0.15, 0.2) is 19.0 Å². The first-order chi connectivity index (χ1) is 6.57. The van der Waals surface area contributed by atoms with Crippen LogP contribution in [0, 0.1) is 0 Å². The fourth-order valence-corrected chi connectivity index (χ4v) is 1.43. The van der Waals surface area contributed by atoms with Crippen molar-refractivity contribution >= 4 is 34.8 Å². The molecular weight excluding hydrogens is 225 g/mol. The third-order valence-corrected chi connectivity index (χ3v) is 2.13. The molecule has 74 valence electrons. The van der Waals surface area contributed by atoms with Crippen molar-refractivity contribution in [2.24, 2.45) is 0 Å². The van der Waals surface area contributed by atoms with Crippen LogP contribution < -0.4 is 4.90 Å². The molecule has 0 fully saturated rings. The molecule has 14 heavy (non-hydrogen) atoms. The molecule has 1 aromatic rings. The van der Waals surface area contributed by atoms with Gasteiger partial charge in [0.15, 0.2) is 10.3 Å². The van der Waals surface area contributed by atoms with Gasteiger partial charge >= 0.3 is 0 Å². The standard InChI is InChI=1S/C8H7Cl2N3O/c1-3-5(14)13(2)6-7(9)11-4-12-8(6)10/h3-4H,1H2,2H3. The quantitative estimate of drug-likeness (QED) is 0.578. The zero-order valence-corrected chi connectivity index (χ0v) is 8.88. The zero-order valence-electron chi connectivity index (χ0n) is 7.37. The van der Waals surface area contributed by atoms with Crippen molar-refractivity contribution in [3.63, 3.8) is 0 Å². The zero-order chi connectivity index (χ0) is 10.7. The molecule has 0 aliphatic rings. The highest BCUT2D eigenvalue weighted by molar-refractivity contribution is 6.38. The van der Waals surface area contributed by atoms with E-state index in [1.165, 1.54) is 18.3 Å². The number of carbonyl (C=O) groups is 1. The second-order valence-corrected chi connectivity index (χ2v) is 3.12. The Kier molecular flexibility index (Phi) is 3.43. The maximum absolute atomic E-state index is 11.3. The summed E-state index contributed by atoms with van der Waals surface area (Å²) in [6.45, 7) is 3.35. The molecule has 0 N–H and O–H groups in total. The maximum atomic E-state index is 11.3. The lowest BCUT2D eigenvalue weighted by Gasteiger charge is -2.16. The van der Waals surface area contributed by atoms with E-state index in [9.17, 15) is 4.79 Å². The highest BCUT2D eigenvalue weighted by Gasteiger charge is 2.16. The number of anilines is 1. The van der Waals surface area contributed by atoms with Gasteiger partial charge < -0.3 is 4.90 Å². The predicted molar refractivity (Wildman–Crippen MR) is 55.7 cm³/mol. The van der Waals surface area contributed by atoms with E-state index in [2.05, 4.69) is 16.5 Å². The highest BCUT2D eigenvalue weighted by atomic mass is 35.5. The summed E-state index contributed by atoms with van der Waals surface area (Å²) >= 11 is 11.5. The predicted octanol–water partition coefficient (Wildman–Crippen LogP) is 1.93. The summed E-state index contributed by atoms with van der Waals surface area (Å²) in [4.78, 5) is 19.9. The molecule has 1 rings (SSSR count). The van der Waals surface area contributed by atoms with Gasteiger partial charge in [-0.05, 0) is 6.08 Å². The van der Waals surface area contributed by atoms with Crippen LogP contribution in [-0.4, -0.2) is 22.9 Å². The molecule has 0 bridgehead atoms. The summed E-state index contributed by atoms with van der Waals surface area (Å²) in [6.07, 6.45) is 2.38. The van der Waals surface area contributed by atoms with E-state index in [1.54, 1.807) is 0 Å². The van der Waals surface area contributed by atoms with Crippen LogP contribution in [0.5, 0.6) is 0 Å². The van der Waals surface area contributed by atoms with Crippen molar-refractivity contribution in [2.75, 3.05) is 11.9 Å². The molecule has 0 aliphatic carbocycles. The van der Waals surface area contributed by atoms with E-state index < -0.39 is 0 Å². The van der Waals surface area contributed by atoms with Gasteiger partial charge in [0.1, 0.15) is 12.0 Å². The van der Waals surface area contributed by atoms with Gasteiger partial charge in [-0.3, -0.25) is 4.79 Å². The number of aromatic nitrogens is 2. The first kappa shape index (κ1) is 10.9. The summed E-state index contributed by atoms with van der Waals surface area (Å²) < 4.78 is 0. The summed E-state index contributed by atoms with van der Waals surface area (Å²) in [7, 11) is 1.51. The van der Waals surface area contributed by atoms with Crippen LogP contribution in [-0.2, 0) is 4.79 Å². The molecule has 0 aromatic carbocycles. The summed E-state index contributed by atoms with van der Waals surface area (Å²) in [6, 6.07) is 0. The molecular formula is C8H7Cl2N3O. The van der Waals surface area contributed by atoms with Crippen LogP contribution >= 0.6 is 23.2 Å². The van der Waals surface area contributed by atoms with Crippen LogP contribution in [0.2, 0.25) is 10.3 Å². The Balaban J connectivity index is 3.18. The molecule has 1 heterocycles. The number of hydrogen-bond donors (Lipinski definition) is 0. The molecule has 0 spiro atoms. The molecule has 4 nitrogen and oxygen atoms in total. The Bertz CT molecular complexity index is 361. The molecule has 0 radical (unpaired) electrons. The second kappa shape index (κ2) is 4.39. The molecule has 0 saturated heterocycles. The SMILES string of the molecule is C=CC(=O)N(C)c1c(Cl)ncnc1Cl. The number of rotatable bonds is 2. The smallest absolute Gasteiger partial charge is 0.250 e. The average molecular weight is 232 g/mol. The fourth-order valence-electron chi connectivity index (χ4n) is 0.862. The van der Waals surface area contributed by atoms with Crippen molar-refractivity contribution in [1.29, 1.82) is 0 Å². The van der Waals surface area contributed by atoms with Crippen molar-refractivity contribution in [1.82, 2.24) is 9.97 Å². The number of amides is 1. The second-order valence-electron chi connectivity index (χ2n) is 2.41. The summed E-state index contributed by atoms with van der Waals surface area (Å²) in [5.41, 5.74) is 0.278. The Labute approximate surface area is 91.2 Å². The van der Waals surface area contributed by atoms with Crippen LogP contribution in [0.1, 0.15) is 0 Å². The number of nitrogens with zero attached hydrogens (tertiary/aromatic N) is 3. The van der Waals surface area contributed by atoms with E-state index in [4.69, 9.17) is 23.2 Å². The minimum Gasteiger partial charge on any atom is -0.307 e. The lowest BCUT2D eigenvalue weighted by Crippen LogP contribution is -2.24. The molecule has 1 amide bonds. The number of carbonyl (C=O) groups excluding carboxylic acids is 1. The Morgan fingerprint density at radius 3 is 2.43 bits per heavy atom. The van der Waals surface area contributed by atoms with Gasteiger partial charge in [0, 0.05) is 7.05 Å². The van der Waals surface area contributed by atoms with Gasteiger partial charge in [0.2, 0.25) is 5.91 Å². The van der Waals surface area contributed by atoms with Crippen LogP contribution in [0.3, 0.4) is 0 Å². The topological polar surface area (TPSA) is 46.1 Å². The summed E-state index contributed by atoms with van der Waals surface area (Å²) in [5, 5.41) is 0.255. The molecule has 0 atom stereocenters. The van der Waals surface area contributed by atoms with Gasteiger partial charge in [0.25, 0.3) is 0 Å². The Morgan fingerprint density at radius 1 is 1.50 bits per heavy atom. The Hall–Kier alpha value is -1.13. The van der Waals surface area contributed by atoms with Crippen LogP contribution in [0.4, 0.5) is 5.69 Å². The van der Waals surface area contributed by atoms with Crippen molar-refractivity contribution in [2.45, 2.75) is 0 Å². The Morgan fingerprint density at radius 2 is 2.00 bits per heavy atom. The van der Waals surface area contributed by atoms with E-state index in [1.807, 2.05) is 0 Å². The van der Waals surface area contributed by atoms with E-state index in [0.29, 0.717) is 0 Å². The fraction of sp³-hybridized carbons (Fsp3) is 0.125. The maximum Gasteiger partial charge on any atom is 0.250 e. The minimum atomic E-state index is -0.330. The van der Waals surface area contributed by atoms with Gasteiger partial charge in [-0.25, -0.2) is 9.97 Å². The van der Waals surface area contributed by atoms with Crippen molar-refractivity contribution in [3.05, 3.63) is 29.3 Å². The van der Waals surface area contributed by atoms with Crippen molar-refractivity contribution < 1.29 is 4.79 Å². The van der Waals surface area contributed by atoms with Gasteiger partial charge in [-0.1, -0.05) is 29.8 Å². The van der Waals surface area contributed by atoms with Gasteiger partial charge in [-0.15, -0.1) is 0 Å².